The third-order valence-corrected chi connectivity index (χ3v) is 2.57. The Morgan fingerprint density at radius 2 is 1.90 bits per heavy atom. The smallest absolute Gasteiger partial charge is 0.412 e. The van der Waals surface area contributed by atoms with Crippen LogP contribution in [0.4, 0.5) is 14.9 Å². The third kappa shape index (κ3) is 4.23. The number of amides is 1. The van der Waals surface area contributed by atoms with Crippen molar-refractivity contribution in [2.75, 3.05) is 5.32 Å². The van der Waals surface area contributed by atoms with E-state index in [1.54, 1.807) is 40.7 Å². The molecule has 0 heterocycles. The fourth-order valence-electron chi connectivity index (χ4n) is 1.58. The number of benzene rings is 1. The van der Waals surface area contributed by atoms with E-state index < -0.39 is 22.9 Å². The lowest BCUT2D eigenvalue weighted by molar-refractivity contribution is 0.0636. The first-order valence-electron chi connectivity index (χ1n) is 6.26. The third-order valence-electron chi connectivity index (χ3n) is 2.57. The van der Waals surface area contributed by atoms with Crippen molar-refractivity contribution < 1.29 is 13.9 Å². The number of nitrogens with one attached hydrogen (secondary N) is 1. The zero-order valence-corrected chi connectivity index (χ0v) is 12.4. The Bertz CT molecular complexity index is 554. The Kier molecular flexibility index (Phi) is 4.39. The largest absolute Gasteiger partial charge is 0.444 e. The zero-order valence-electron chi connectivity index (χ0n) is 12.4. The summed E-state index contributed by atoms with van der Waals surface area (Å²) in [6.45, 7) is 8.49. The maximum Gasteiger partial charge on any atom is 0.412 e. The minimum absolute atomic E-state index is 0.286. The van der Waals surface area contributed by atoms with Crippen molar-refractivity contribution in [1.82, 2.24) is 0 Å². The van der Waals surface area contributed by atoms with Crippen LogP contribution in [-0.2, 0) is 10.2 Å². The summed E-state index contributed by atoms with van der Waals surface area (Å²) >= 11 is 0. The molecule has 0 aromatic heterocycles. The standard InChI is InChI=1S/C15H19FN2O2/c1-14(2,3)20-13(19)18-10-6-7-11(12(16)8-10)15(4,5)9-17/h6-8H,1-5H3,(H,18,19). The van der Waals surface area contributed by atoms with E-state index in [0.717, 1.165) is 0 Å². The number of carbonyl (C=O) groups excluding carboxylic acids is 1. The van der Waals surface area contributed by atoms with E-state index >= 15 is 0 Å². The zero-order chi connectivity index (χ0) is 15.6. The van der Waals surface area contributed by atoms with Crippen molar-refractivity contribution in [2.24, 2.45) is 0 Å². The summed E-state index contributed by atoms with van der Waals surface area (Å²) in [5.74, 6) is -0.537. The highest BCUT2D eigenvalue weighted by molar-refractivity contribution is 5.84. The van der Waals surface area contributed by atoms with E-state index in [9.17, 15) is 9.18 Å². The monoisotopic (exact) mass is 278 g/mol. The van der Waals surface area contributed by atoms with E-state index in [1.807, 2.05) is 6.07 Å². The molecule has 0 saturated heterocycles. The number of hydrogen-bond acceptors (Lipinski definition) is 3. The summed E-state index contributed by atoms with van der Waals surface area (Å²) in [5.41, 5.74) is -0.969. The van der Waals surface area contributed by atoms with Crippen LogP contribution in [0.25, 0.3) is 0 Å². The summed E-state index contributed by atoms with van der Waals surface area (Å²) in [5, 5.41) is 11.5. The van der Waals surface area contributed by atoms with Gasteiger partial charge >= 0.3 is 6.09 Å². The van der Waals surface area contributed by atoms with E-state index in [-0.39, 0.29) is 11.3 Å². The highest BCUT2D eigenvalue weighted by Crippen LogP contribution is 2.27. The molecule has 0 aliphatic heterocycles. The van der Waals surface area contributed by atoms with Crippen LogP contribution in [0.2, 0.25) is 0 Å². The van der Waals surface area contributed by atoms with Crippen LogP contribution in [0, 0.1) is 17.1 Å². The fourth-order valence-corrected chi connectivity index (χ4v) is 1.58. The molecule has 0 spiro atoms. The van der Waals surface area contributed by atoms with Gasteiger partial charge in [0.05, 0.1) is 11.5 Å². The second-order valence-corrected chi connectivity index (χ2v) is 6.06. The van der Waals surface area contributed by atoms with Gasteiger partial charge in [0.2, 0.25) is 0 Å². The van der Waals surface area contributed by atoms with Crippen LogP contribution in [0.5, 0.6) is 0 Å². The molecule has 1 N–H and O–H groups in total. The van der Waals surface area contributed by atoms with Crippen LogP contribution >= 0.6 is 0 Å². The highest BCUT2D eigenvalue weighted by atomic mass is 19.1. The first kappa shape index (κ1) is 16.0. The van der Waals surface area contributed by atoms with Crippen LogP contribution < -0.4 is 5.32 Å². The van der Waals surface area contributed by atoms with Gasteiger partial charge in [-0.15, -0.1) is 0 Å². The van der Waals surface area contributed by atoms with Crippen molar-refractivity contribution in [3.63, 3.8) is 0 Å². The van der Waals surface area contributed by atoms with Gasteiger partial charge in [-0.3, -0.25) is 5.32 Å². The normalized spacial score (nSPS) is 11.7. The lowest BCUT2D eigenvalue weighted by atomic mass is 9.86. The highest BCUT2D eigenvalue weighted by Gasteiger charge is 2.24. The van der Waals surface area contributed by atoms with Crippen molar-refractivity contribution >= 4 is 11.8 Å². The van der Waals surface area contributed by atoms with Crippen LogP contribution in [0.1, 0.15) is 40.2 Å². The molecule has 4 nitrogen and oxygen atoms in total. The molecule has 1 aromatic carbocycles. The number of anilines is 1. The molecule has 108 valence electrons. The molecular weight excluding hydrogens is 259 g/mol. The van der Waals surface area contributed by atoms with Gasteiger partial charge in [-0.2, -0.15) is 5.26 Å². The molecule has 0 atom stereocenters. The molecular formula is C15H19FN2O2. The van der Waals surface area contributed by atoms with Crippen molar-refractivity contribution in [3.05, 3.63) is 29.6 Å². The quantitative estimate of drug-likeness (QED) is 0.890. The molecule has 0 saturated carbocycles. The summed E-state index contributed by atoms with van der Waals surface area (Å²) in [7, 11) is 0. The number of nitriles is 1. The molecule has 5 heteroatoms. The van der Waals surface area contributed by atoms with E-state index in [2.05, 4.69) is 5.32 Å². The SMILES string of the molecule is CC(C)(C)OC(=O)Nc1ccc(C(C)(C)C#N)c(F)c1. The first-order chi connectivity index (χ1) is 9.05. The summed E-state index contributed by atoms with van der Waals surface area (Å²) in [4.78, 5) is 11.6. The Morgan fingerprint density at radius 1 is 1.30 bits per heavy atom. The lowest BCUT2D eigenvalue weighted by Crippen LogP contribution is -2.27. The molecule has 0 radical (unpaired) electrons. The summed E-state index contributed by atoms with van der Waals surface area (Å²) in [6, 6.07) is 6.25. The molecule has 0 bridgehead atoms. The molecule has 0 aliphatic carbocycles. The predicted octanol–water partition coefficient (Wildman–Crippen LogP) is 3.97. The minimum atomic E-state index is -0.922. The molecule has 0 aliphatic rings. The second-order valence-electron chi connectivity index (χ2n) is 6.06. The van der Waals surface area contributed by atoms with Gasteiger partial charge in [-0.1, -0.05) is 6.07 Å². The summed E-state index contributed by atoms with van der Waals surface area (Å²) < 4.78 is 19.1. The molecule has 1 aromatic rings. The number of halogens is 1. The van der Waals surface area contributed by atoms with Gasteiger partial charge in [0.25, 0.3) is 0 Å². The molecule has 20 heavy (non-hydrogen) atoms. The van der Waals surface area contributed by atoms with Gasteiger partial charge in [-0.25, -0.2) is 9.18 Å². The Labute approximate surface area is 118 Å². The van der Waals surface area contributed by atoms with Crippen molar-refractivity contribution in [1.29, 1.82) is 5.26 Å². The average Bonchev–Trinajstić information content (AvgIpc) is 2.25. The molecule has 1 rings (SSSR count). The number of nitrogens with zero attached hydrogens (tertiary/aromatic N) is 1. The van der Waals surface area contributed by atoms with Gasteiger partial charge in [0, 0.05) is 11.3 Å². The second kappa shape index (κ2) is 5.49. The van der Waals surface area contributed by atoms with Crippen LogP contribution in [0.15, 0.2) is 18.2 Å². The molecule has 0 unspecified atom stereocenters. The fraction of sp³-hybridized carbons (Fsp3) is 0.467. The average molecular weight is 278 g/mol. The first-order valence-corrected chi connectivity index (χ1v) is 6.26. The van der Waals surface area contributed by atoms with Crippen molar-refractivity contribution in [2.45, 2.75) is 45.6 Å². The Morgan fingerprint density at radius 3 is 2.35 bits per heavy atom. The van der Waals surface area contributed by atoms with E-state index in [1.165, 1.54) is 12.1 Å². The predicted molar refractivity (Wildman–Crippen MR) is 74.9 cm³/mol. The van der Waals surface area contributed by atoms with Crippen molar-refractivity contribution in [3.8, 4) is 6.07 Å². The van der Waals surface area contributed by atoms with Gasteiger partial charge in [0.15, 0.2) is 0 Å². The maximum absolute atomic E-state index is 14.0. The number of hydrogen-bond donors (Lipinski definition) is 1. The minimum Gasteiger partial charge on any atom is -0.444 e. The van der Waals surface area contributed by atoms with Gasteiger partial charge < -0.3 is 4.74 Å². The maximum atomic E-state index is 14.0. The number of carbonyl (C=O) groups is 1. The topological polar surface area (TPSA) is 62.1 Å². The molecule has 0 fully saturated rings. The Hall–Kier alpha value is -2.09. The van der Waals surface area contributed by atoms with E-state index in [4.69, 9.17) is 10.00 Å². The number of rotatable bonds is 2. The van der Waals surface area contributed by atoms with Gasteiger partial charge in [-0.05, 0) is 46.8 Å². The number of ether oxygens (including phenoxy) is 1. The van der Waals surface area contributed by atoms with E-state index in [0.29, 0.717) is 0 Å². The summed E-state index contributed by atoms with van der Waals surface area (Å²) in [6.07, 6.45) is -0.649. The lowest BCUT2D eigenvalue weighted by Gasteiger charge is -2.20. The Balaban J connectivity index is 2.90. The van der Waals surface area contributed by atoms with Gasteiger partial charge in [0.1, 0.15) is 11.4 Å². The molecule has 1 amide bonds. The van der Waals surface area contributed by atoms with Crippen LogP contribution in [-0.4, -0.2) is 11.7 Å². The van der Waals surface area contributed by atoms with Crippen LogP contribution in [0.3, 0.4) is 0 Å².